The van der Waals surface area contributed by atoms with Crippen molar-refractivity contribution in [1.82, 2.24) is 0 Å². The van der Waals surface area contributed by atoms with Crippen LogP contribution in [0.5, 0.6) is 0 Å². The van der Waals surface area contributed by atoms with Gasteiger partial charge in [-0.1, -0.05) is 133 Å². The van der Waals surface area contributed by atoms with Crippen molar-refractivity contribution in [3.63, 3.8) is 0 Å². The summed E-state index contributed by atoms with van der Waals surface area (Å²) >= 11 is 10.5. The fourth-order valence-electron chi connectivity index (χ4n) is 8.03. The van der Waals surface area contributed by atoms with Gasteiger partial charge in [0.2, 0.25) is 0 Å². The van der Waals surface area contributed by atoms with Crippen LogP contribution in [0.1, 0.15) is 96.9 Å². The van der Waals surface area contributed by atoms with Crippen molar-refractivity contribution in [2.24, 2.45) is 23.7 Å². The summed E-state index contributed by atoms with van der Waals surface area (Å²) in [5.74, 6) is 2.76. The van der Waals surface area contributed by atoms with Crippen molar-refractivity contribution >= 4 is 93.2 Å². The fraction of sp³-hybridized carbons (Fsp3) is 0.812. The number of allylic oxidation sites excluding steroid dienone is 4. The van der Waals surface area contributed by atoms with Gasteiger partial charge in [-0.2, -0.15) is 0 Å². The summed E-state index contributed by atoms with van der Waals surface area (Å²) in [4.78, 5) is 11.5. The van der Waals surface area contributed by atoms with Crippen molar-refractivity contribution < 1.29 is 23.3 Å². The summed E-state index contributed by atoms with van der Waals surface area (Å²) in [5.41, 5.74) is 7.93. The number of nitrogens with zero attached hydrogens (tertiary/aromatic N) is 2. The average Bonchev–Trinajstić information content (AvgIpc) is 3.10. The number of hydrogen-bond donors (Lipinski definition) is 0. The second-order valence-corrected chi connectivity index (χ2v) is 49.4. The van der Waals surface area contributed by atoms with E-state index in [1.807, 2.05) is 0 Å². The van der Waals surface area contributed by atoms with Crippen molar-refractivity contribution in [2.45, 2.75) is 144 Å². The third-order valence-electron chi connectivity index (χ3n) is 9.83. The summed E-state index contributed by atoms with van der Waals surface area (Å²) in [6, 6.07) is 2.56. The number of hydrogen-bond acceptors (Lipinski definition) is 0. The predicted molar refractivity (Wildman–Crippen MR) is 229 cm³/mol. The Labute approximate surface area is 326 Å². The van der Waals surface area contributed by atoms with Crippen molar-refractivity contribution in [3.05, 3.63) is 47.1 Å². The van der Waals surface area contributed by atoms with E-state index >= 15 is 0 Å². The van der Waals surface area contributed by atoms with Crippen LogP contribution in [0.3, 0.4) is 0 Å². The molecule has 0 amide bonds. The Kier molecular flexibility index (Phi) is 25.8. The van der Waals surface area contributed by atoms with E-state index in [1.54, 1.807) is 22.3 Å². The van der Waals surface area contributed by atoms with E-state index in [0.717, 1.165) is 0 Å². The SMILES string of the molecule is CC1=C(C)[C@H]([Si](C)(CC[Si](C)([N-]C(C)(C)C)[C@H]2C(C)=C(C)[C@H](C)[C@H]2C)[N-]C(C)(C)C)[C@H](C)[C@H]1C.[CH3-].[CH3-].[I][Ti][I].[I][Ti][I]. The molecule has 8 atom stereocenters. The molecule has 0 aromatic rings. The quantitative estimate of drug-likeness (QED) is 0.105. The topological polar surface area (TPSA) is 28.2 Å². The molecule has 0 heterocycles. The molecule has 0 radical (unpaired) electrons. The second-order valence-electron chi connectivity index (χ2n) is 14.9. The van der Waals surface area contributed by atoms with Crippen LogP contribution in [-0.2, 0) is 23.3 Å². The Bertz CT molecular complexity index is 806. The van der Waals surface area contributed by atoms with Gasteiger partial charge >= 0.3 is 100 Å². The van der Waals surface area contributed by atoms with Gasteiger partial charge in [-0.3, -0.25) is 0 Å². The zero-order chi connectivity index (χ0) is 32.0. The molecule has 2 unspecified atom stereocenters. The standard InChI is InChI=1S/C30H58N2Si2.2CH3.4HI.2Ti/c1-19-20(2)24(6)27(23(19)5)33(15,31-29(9,10)11)17-18-34(16,32-30(12,13)14)28-25(7)21(3)22(4)26(28)8;;;;;;;;/h19,21,23,25,27-28H,17-18H2,1-16H3;2*1H3;4*1H;;/q-2;2*-1;;;;;2*+2/p-4/t19-,21-,23+,25+,27+,28+,33?,34?;;;;;;;;/m0......../s1. The maximum atomic E-state index is 5.76. The van der Waals surface area contributed by atoms with Gasteiger partial charge < -0.3 is 24.8 Å². The molecular weight excluding hydrogens is 1070 g/mol. The molecule has 0 saturated carbocycles. The third kappa shape index (κ3) is 14.6. The Balaban J connectivity index is -0.00000175. The maximum absolute atomic E-state index is 5.76. The molecule has 0 spiro atoms. The van der Waals surface area contributed by atoms with E-state index in [9.17, 15) is 0 Å². The van der Waals surface area contributed by atoms with Crippen LogP contribution in [0.25, 0.3) is 9.96 Å². The summed E-state index contributed by atoms with van der Waals surface area (Å²) < 4.78 is 0. The fourth-order valence-corrected chi connectivity index (χ4v) is 21.4. The normalized spacial score (nSPS) is 28.7. The van der Waals surface area contributed by atoms with Crippen LogP contribution in [0.2, 0.25) is 36.3 Å². The van der Waals surface area contributed by atoms with Gasteiger partial charge in [-0.15, -0.1) is 11.1 Å². The Morgan fingerprint density at radius 1 is 0.571 bits per heavy atom. The van der Waals surface area contributed by atoms with Gasteiger partial charge in [0.15, 0.2) is 0 Å². The molecule has 0 aliphatic heterocycles. The number of rotatable bonds is 7. The summed E-state index contributed by atoms with van der Waals surface area (Å²) in [5, 5.41) is 0. The van der Waals surface area contributed by atoms with Gasteiger partial charge in [0, 0.05) is 0 Å². The third-order valence-corrected chi connectivity index (χ3v) is 19.8. The molecule has 0 saturated heterocycles. The molecule has 2 aliphatic rings. The molecular formula is C32H64I4N2Si2Ti2-4. The molecule has 2 rings (SSSR count). The molecule has 250 valence electrons. The first-order valence-electron chi connectivity index (χ1n) is 14.7. The first kappa shape index (κ1) is 50.6. The zero-order valence-electron chi connectivity index (χ0n) is 30.3. The molecule has 10 heteroatoms. The monoisotopic (exact) mass is 1140 g/mol. The predicted octanol–water partition coefficient (Wildman–Crippen LogP) is 14.9. The van der Waals surface area contributed by atoms with E-state index in [0.29, 0.717) is 58.1 Å². The van der Waals surface area contributed by atoms with Crippen LogP contribution < -0.4 is 0 Å². The van der Waals surface area contributed by atoms with E-state index in [-0.39, 0.29) is 25.9 Å². The molecule has 0 aromatic carbocycles. The summed E-state index contributed by atoms with van der Waals surface area (Å²) in [6.07, 6.45) is 0. The van der Waals surface area contributed by atoms with Gasteiger partial charge in [0.05, 0.1) is 0 Å². The van der Waals surface area contributed by atoms with Crippen molar-refractivity contribution in [3.8, 4) is 0 Å². The molecule has 2 aliphatic carbocycles. The molecule has 0 fully saturated rings. The minimum atomic E-state index is -1.95. The molecule has 0 aromatic heterocycles. The zero-order valence-corrected chi connectivity index (χ0v) is 44.0. The summed E-state index contributed by atoms with van der Waals surface area (Å²) in [7, 11) is -3.90. The van der Waals surface area contributed by atoms with Gasteiger partial charge in [0.25, 0.3) is 0 Å². The average molecular weight is 1140 g/mol. The van der Waals surface area contributed by atoms with Gasteiger partial charge in [-0.05, 0) is 62.4 Å². The summed E-state index contributed by atoms with van der Waals surface area (Å²) in [6.45, 7) is 38.7. The number of halogens is 4. The van der Waals surface area contributed by atoms with Crippen LogP contribution in [-0.4, -0.2) is 27.5 Å². The minimum absolute atomic E-state index is 0. The van der Waals surface area contributed by atoms with Gasteiger partial charge in [0.1, 0.15) is 0 Å². The van der Waals surface area contributed by atoms with Crippen LogP contribution in [0, 0.1) is 38.5 Å². The van der Waals surface area contributed by atoms with Crippen molar-refractivity contribution in [1.29, 1.82) is 0 Å². The molecule has 42 heavy (non-hydrogen) atoms. The Morgan fingerprint density at radius 2 is 0.786 bits per heavy atom. The second kappa shape index (κ2) is 21.4. The van der Waals surface area contributed by atoms with E-state index in [4.69, 9.17) is 9.96 Å². The molecule has 2 nitrogen and oxygen atoms in total. The first-order valence-corrected chi connectivity index (χ1v) is 40.3. The van der Waals surface area contributed by atoms with Crippen LogP contribution in [0.15, 0.2) is 22.3 Å². The Hall–Kier alpha value is 4.18. The molecule has 0 bridgehead atoms. The van der Waals surface area contributed by atoms with Crippen LogP contribution in [0.4, 0.5) is 0 Å². The van der Waals surface area contributed by atoms with Gasteiger partial charge in [-0.25, -0.2) is 0 Å². The first-order chi connectivity index (χ1) is 18.0. The van der Waals surface area contributed by atoms with E-state index < -0.39 is 16.5 Å². The molecule has 0 N–H and O–H groups in total. The van der Waals surface area contributed by atoms with Crippen LogP contribution >= 0.6 is 76.8 Å². The van der Waals surface area contributed by atoms with E-state index in [1.165, 1.54) is 12.1 Å². The van der Waals surface area contributed by atoms with Crippen molar-refractivity contribution in [2.75, 3.05) is 0 Å². The van der Waals surface area contributed by atoms with E-state index in [2.05, 4.69) is 187 Å². The Morgan fingerprint density at radius 3 is 0.929 bits per heavy atom.